The van der Waals surface area contributed by atoms with Gasteiger partial charge in [0.05, 0.1) is 11.5 Å². The lowest BCUT2D eigenvalue weighted by Gasteiger charge is -2.21. The molecule has 1 aliphatic carbocycles. The molecule has 0 aromatic heterocycles. The molecule has 0 unspecified atom stereocenters. The van der Waals surface area contributed by atoms with Crippen LogP contribution in [0.15, 0.2) is 0 Å². The van der Waals surface area contributed by atoms with Gasteiger partial charge in [-0.3, -0.25) is 14.4 Å². The summed E-state index contributed by atoms with van der Waals surface area (Å²) in [7, 11) is 0. The van der Waals surface area contributed by atoms with Crippen LogP contribution in [0, 0.1) is 23.7 Å². The summed E-state index contributed by atoms with van der Waals surface area (Å²) in [5, 5.41) is 21.3. The first-order chi connectivity index (χ1) is 10.5. The predicted molar refractivity (Wildman–Crippen MR) is 85.7 cm³/mol. The Bertz CT molecular complexity index is 452. The number of ketones is 1. The third-order valence-electron chi connectivity index (χ3n) is 4.13. The van der Waals surface area contributed by atoms with Gasteiger partial charge in [0.15, 0.2) is 0 Å². The zero-order valence-corrected chi connectivity index (χ0v) is 14.5. The van der Waals surface area contributed by atoms with Gasteiger partial charge in [-0.05, 0) is 39.0 Å². The van der Waals surface area contributed by atoms with Crippen molar-refractivity contribution < 1.29 is 24.6 Å². The van der Waals surface area contributed by atoms with E-state index in [1.165, 1.54) is 0 Å². The summed E-state index contributed by atoms with van der Waals surface area (Å²) in [6.45, 7) is 7.67. The predicted octanol–water partition coefficient (Wildman–Crippen LogP) is 1.61. The molecule has 1 fully saturated rings. The SMILES string of the molecule is CC(C)C[C@H](CC(=O)[C@H]1C[C@@H]1C(=O)O)C(=O)NCCC(C)(C)O. The van der Waals surface area contributed by atoms with Gasteiger partial charge in [0, 0.05) is 24.8 Å². The molecule has 0 heterocycles. The second kappa shape index (κ2) is 7.90. The van der Waals surface area contributed by atoms with Crippen molar-refractivity contribution in [2.75, 3.05) is 6.54 Å². The fourth-order valence-electron chi connectivity index (χ4n) is 2.71. The number of aliphatic carboxylic acids is 1. The average molecular weight is 327 g/mol. The van der Waals surface area contributed by atoms with Crippen molar-refractivity contribution in [3.63, 3.8) is 0 Å². The summed E-state index contributed by atoms with van der Waals surface area (Å²) < 4.78 is 0. The maximum Gasteiger partial charge on any atom is 0.307 e. The van der Waals surface area contributed by atoms with Crippen molar-refractivity contribution in [2.24, 2.45) is 23.7 Å². The van der Waals surface area contributed by atoms with Crippen LogP contribution in [-0.2, 0) is 14.4 Å². The number of hydrogen-bond donors (Lipinski definition) is 3. The number of carbonyl (C=O) groups excluding carboxylic acids is 2. The van der Waals surface area contributed by atoms with Crippen molar-refractivity contribution >= 4 is 17.7 Å². The highest BCUT2D eigenvalue weighted by Gasteiger charge is 2.48. The standard InChI is InChI=1S/C17H29NO5/c1-10(2)7-11(15(20)18-6-5-17(3,4)23)8-14(19)12-9-13(12)16(21)22/h10-13,23H,5-9H2,1-4H3,(H,18,20)(H,21,22)/t11-,12+,13+/m1/s1. The number of hydrogen-bond acceptors (Lipinski definition) is 4. The lowest BCUT2D eigenvalue weighted by Crippen LogP contribution is -2.36. The van der Waals surface area contributed by atoms with Gasteiger partial charge in [-0.15, -0.1) is 0 Å². The topological polar surface area (TPSA) is 104 Å². The van der Waals surface area contributed by atoms with E-state index < -0.39 is 29.3 Å². The van der Waals surface area contributed by atoms with E-state index in [4.69, 9.17) is 5.11 Å². The minimum atomic E-state index is -0.932. The molecule has 1 amide bonds. The van der Waals surface area contributed by atoms with Gasteiger partial charge in [0.1, 0.15) is 5.78 Å². The fraction of sp³-hybridized carbons (Fsp3) is 0.824. The van der Waals surface area contributed by atoms with E-state index in [1.807, 2.05) is 13.8 Å². The van der Waals surface area contributed by atoms with Crippen LogP contribution in [0.1, 0.15) is 53.4 Å². The zero-order chi connectivity index (χ0) is 17.8. The molecule has 0 spiro atoms. The quantitative estimate of drug-likeness (QED) is 0.565. The van der Waals surface area contributed by atoms with Gasteiger partial charge < -0.3 is 15.5 Å². The maximum atomic E-state index is 12.3. The molecule has 0 saturated heterocycles. The van der Waals surface area contributed by atoms with Crippen LogP contribution in [0.5, 0.6) is 0 Å². The number of carboxylic acid groups (broad SMARTS) is 1. The Kier molecular flexibility index (Phi) is 6.74. The highest BCUT2D eigenvalue weighted by molar-refractivity contribution is 5.93. The second-order valence-electron chi connectivity index (χ2n) is 7.64. The summed E-state index contributed by atoms with van der Waals surface area (Å²) in [5.74, 6) is -2.41. The van der Waals surface area contributed by atoms with Crippen LogP contribution >= 0.6 is 0 Å². The number of nitrogens with one attached hydrogen (secondary N) is 1. The summed E-state index contributed by atoms with van der Waals surface area (Å²) in [6, 6.07) is 0. The minimum Gasteiger partial charge on any atom is -0.481 e. The van der Waals surface area contributed by atoms with Crippen molar-refractivity contribution in [3.8, 4) is 0 Å². The third kappa shape index (κ3) is 7.12. The molecule has 1 rings (SSSR count). The van der Waals surface area contributed by atoms with Crippen LogP contribution in [-0.4, -0.2) is 40.0 Å². The largest absolute Gasteiger partial charge is 0.481 e. The van der Waals surface area contributed by atoms with Crippen molar-refractivity contribution in [2.45, 2.75) is 59.0 Å². The van der Waals surface area contributed by atoms with Gasteiger partial charge in [-0.1, -0.05) is 13.8 Å². The Labute approximate surface area is 137 Å². The molecule has 1 aliphatic rings. The van der Waals surface area contributed by atoms with E-state index in [1.54, 1.807) is 13.8 Å². The molecular formula is C17H29NO5. The molecule has 0 radical (unpaired) electrons. The van der Waals surface area contributed by atoms with Gasteiger partial charge in [0.2, 0.25) is 5.91 Å². The van der Waals surface area contributed by atoms with Crippen molar-refractivity contribution in [3.05, 3.63) is 0 Å². The number of aliphatic hydroxyl groups is 1. The number of rotatable bonds is 10. The van der Waals surface area contributed by atoms with E-state index in [0.29, 0.717) is 25.8 Å². The second-order valence-corrected chi connectivity index (χ2v) is 7.64. The van der Waals surface area contributed by atoms with Crippen molar-refractivity contribution in [1.29, 1.82) is 0 Å². The van der Waals surface area contributed by atoms with E-state index >= 15 is 0 Å². The van der Waals surface area contributed by atoms with Gasteiger partial charge in [-0.2, -0.15) is 0 Å². The molecule has 0 aromatic carbocycles. The maximum absolute atomic E-state index is 12.3. The molecule has 3 N–H and O–H groups in total. The first-order valence-electron chi connectivity index (χ1n) is 8.27. The minimum absolute atomic E-state index is 0.0982. The number of amides is 1. The monoisotopic (exact) mass is 327 g/mol. The molecule has 0 aliphatic heterocycles. The number of carboxylic acids is 1. The van der Waals surface area contributed by atoms with E-state index in [9.17, 15) is 19.5 Å². The Morgan fingerprint density at radius 3 is 2.26 bits per heavy atom. The molecule has 6 nitrogen and oxygen atoms in total. The molecule has 132 valence electrons. The molecule has 0 aromatic rings. The summed E-state index contributed by atoms with van der Waals surface area (Å²) in [6.07, 6.45) is 1.51. The Balaban J connectivity index is 2.53. The summed E-state index contributed by atoms with van der Waals surface area (Å²) in [4.78, 5) is 35.3. The average Bonchev–Trinajstić information content (AvgIpc) is 3.15. The number of Topliss-reactive ketones (excluding diaryl/α,β-unsaturated/α-hetero) is 1. The molecule has 6 heteroatoms. The molecule has 3 atom stereocenters. The van der Waals surface area contributed by atoms with Crippen molar-refractivity contribution in [1.82, 2.24) is 5.32 Å². The summed E-state index contributed by atoms with van der Waals surface area (Å²) >= 11 is 0. The molecule has 23 heavy (non-hydrogen) atoms. The third-order valence-corrected chi connectivity index (χ3v) is 4.13. The molecule has 1 saturated carbocycles. The summed E-state index contributed by atoms with van der Waals surface area (Å²) in [5.41, 5.74) is -0.848. The lowest BCUT2D eigenvalue weighted by molar-refractivity contribution is -0.140. The van der Waals surface area contributed by atoms with E-state index in [-0.39, 0.29) is 24.0 Å². The lowest BCUT2D eigenvalue weighted by atomic mass is 9.90. The molecular weight excluding hydrogens is 298 g/mol. The van der Waals surface area contributed by atoms with Crippen LogP contribution in [0.3, 0.4) is 0 Å². The van der Waals surface area contributed by atoms with E-state index in [0.717, 1.165) is 0 Å². The Morgan fingerprint density at radius 1 is 1.22 bits per heavy atom. The first kappa shape index (κ1) is 19.6. The zero-order valence-electron chi connectivity index (χ0n) is 14.5. The highest BCUT2D eigenvalue weighted by atomic mass is 16.4. The smallest absolute Gasteiger partial charge is 0.307 e. The van der Waals surface area contributed by atoms with Crippen LogP contribution < -0.4 is 5.32 Å². The Morgan fingerprint density at radius 2 is 1.83 bits per heavy atom. The van der Waals surface area contributed by atoms with Gasteiger partial charge in [-0.25, -0.2) is 0 Å². The normalized spacial score (nSPS) is 21.8. The first-order valence-corrected chi connectivity index (χ1v) is 8.27. The van der Waals surface area contributed by atoms with Gasteiger partial charge in [0.25, 0.3) is 0 Å². The fourth-order valence-corrected chi connectivity index (χ4v) is 2.71. The van der Waals surface area contributed by atoms with Crippen LogP contribution in [0.2, 0.25) is 0 Å². The molecule has 0 bridgehead atoms. The van der Waals surface area contributed by atoms with Crippen LogP contribution in [0.25, 0.3) is 0 Å². The highest BCUT2D eigenvalue weighted by Crippen LogP contribution is 2.41. The number of carbonyl (C=O) groups is 3. The Hall–Kier alpha value is -1.43. The van der Waals surface area contributed by atoms with Gasteiger partial charge >= 0.3 is 5.97 Å². The van der Waals surface area contributed by atoms with E-state index in [2.05, 4.69) is 5.32 Å². The van der Waals surface area contributed by atoms with Crippen LogP contribution in [0.4, 0.5) is 0 Å².